The van der Waals surface area contributed by atoms with Crippen molar-refractivity contribution in [3.63, 3.8) is 0 Å². The summed E-state index contributed by atoms with van der Waals surface area (Å²) in [4.78, 5) is 18.9. The molecule has 1 aromatic heterocycles. The third-order valence-corrected chi connectivity index (χ3v) is 6.53. The zero-order chi connectivity index (χ0) is 21.4. The number of pyridine rings is 1. The number of aromatic nitrogens is 1. The van der Waals surface area contributed by atoms with Gasteiger partial charge in [0.15, 0.2) is 11.5 Å². The van der Waals surface area contributed by atoms with Gasteiger partial charge in [0.1, 0.15) is 5.82 Å². The summed E-state index contributed by atoms with van der Waals surface area (Å²) in [7, 11) is 1.90. The molecule has 31 heavy (non-hydrogen) atoms. The number of nitrogens with zero attached hydrogens (tertiary/aromatic N) is 1. The minimum Gasteiger partial charge on any atom is -0.454 e. The third kappa shape index (κ3) is 3.75. The number of carbonyl (C=O) groups is 1. The van der Waals surface area contributed by atoms with E-state index < -0.39 is 5.41 Å². The van der Waals surface area contributed by atoms with Crippen LogP contribution in [0.4, 0.5) is 5.82 Å². The van der Waals surface area contributed by atoms with Crippen molar-refractivity contribution in [2.45, 2.75) is 30.1 Å². The largest absolute Gasteiger partial charge is 0.454 e. The lowest BCUT2D eigenvalue weighted by Gasteiger charge is -2.16. The highest BCUT2D eigenvalue weighted by molar-refractivity contribution is 7.97. The minimum atomic E-state index is -0.518. The van der Waals surface area contributed by atoms with Gasteiger partial charge in [0.05, 0.1) is 5.41 Å². The summed E-state index contributed by atoms with van der Waals surface area (Å²) in [5.74, 6) is 1.97. The zero-order valence-electron chi connectivity index (χ0n) is 17.4. The molecule has 3 aromatic rings. The van der Waals surface area contributed by atoms with Crippen molar-refractivity contribution in [1.29, 1.82) is 0 Å². The summed E-state index contributed by atoms with van der Waals surface area (Å²) in [6.07, 6.45) is 1.62. The maximum Gasteiger partial charge on any atom is 0.236 e. The van der Waals surface area contributed by atoms with Gasteiger partial charge in [-0.2, -0.15) is 0 Å². The molecule has 0 atom stereocenters. The van der Waals surface area contributed by atoms with Crippen LogP contribution in [0.2, 0.25) is 0 Å². The van der Waals surface area contributed by atoms with E-state index in [0.29, 0.717) is 11.6 Å². The Bertz CT molecular complexity index is 1140. The summed E-state index contributed by atoms with van der Waals surface area (Å²) in [6, 6.07) is 18.0. The molecule has 2 aliphatic rings. The molecule has 2 N–H and O–H groups in total. The maximum absolute atomic E-state index is 13.1. The van der Waals surface area contributed by atoms with Gasteiger partial charge in [-0.3, -0.25) is 9.52 Å². The highest BCUT2D eigenvalue weighted by Gasteiger charge is 2.51. The maximum atomic E-state index is 13.1. The number of aryl methyl sites for hydroxylation is 1. The molecule has 1 aliphatic heterocycles. The SMILES string of the molecule is CNSc1ccc(-c2ccc(NC(=O)C3(c4ccc5c(c4)OCO5)CC3)nc2C)cc1. The molecule has 6 nitrogen and oxygen atoms in total. The van der Waals surface area contributed by atoms with Crippen LogP contribution in [0.3, 0.4) is 0 Å². The molecule has 1 amide bonds. The van der Waals surface area contributed by atoms with E-state index in [1.807, 2.05) is 44.3 Å². The van der Waals surface area contributed by atoms with Crippen LogP contribution in [-0.4, -0.2) is 24.7 Å². The van der Waals surface area contributed by atoms with Gasteiger partial charge in [-0.1, -0.05) is 18.2 Å². The average Bonchev–Trinajstić information content (AvgIpc) is 3.46. The first-order chi connectivity index (χ1) is 15.1. The van der Waals surface area contributed by atoms with Gasteiger partial charge in [0.25, 0.3) is 0 Å². The first kappa shape index (κ1) is 19.9. The number of fused-ring (bicyclic) bond motifs is 1. The summed E-state index contributed by atoms with van der Waals surface area (Å²) >= 11 is 1.58. The number of rotatable bonds is 6. The Hall–Kier alpha value is -3.03. The fourth-order valence-electron chi connectivity index (χ4n) is 3.96. The lowest BCUT2D eigenvalue weighted by atomic mass is 9.94. The van der Waals surface area contributed by atoms with Gasteiger partial charge in [0.2, 0.25) is 12.7 Å². The third-order valence-electron chi connectivity index (χ3n) is 5.82. The molecule has 158 valence electrons. The predicted octanol–water partition coefficient (Wildman–Crippen LogP) is 4.68. The van der Waals surface area contributed by atoms with E-state index in [4.69, 9.17) is 9.47 Å². The molecule has 0 bridgehead atoms. The van der Waals surface area contributed by atoms with Crippen molar-refractivity contribution in [1.82, 2.24) is 9.71 Å². The second-order valence-corrected chi connectivity index (χ2v) is 8.85. The number of benzene rings is 2. The average molecular weight is 434 g/mol. The lowest BCUT2D eigenvalue weighted by Crippen LogP contribution is -2.28. The first-order valence-corrected chi connectivity index (χ1v) is 11.0. The summed E-state index contributed by atoms with van der Waals surface area (Å²) in [6.45, 7) is 2.19. The van der Waals surface area contributed by atoms with Gasteiger partial charge in [0, 0.05) is 16.2 Å². The number of hydrogen-bond donors (Lipinski definition) is 2. The van der Waals surface area contributed by atoms with E-state index >= 15 is 0 Å². The molecule has 0 spiro atoms. The standard InChI is InChI=1S/C24H23N3O3S/c1-15-19(16-3-6-18(7-4-16)31-25-2)8-10-22(26-15)27-23(28)24(11-12-24)17-5-9-20-21(13-17)30-14-29-20/h3-10,13,25H,11-12,14H2,1-2H3,(H,26,27,28). The van der Waals surface area contributed by atoms with E-state index in [-0.39, 0.29) is 12.7 Å². The number of nitrogens with one attached hydrogen (secondary N) is 2. The fraction of sp³-hybridized carbons (Fsp3) is 0.250. The second-order valence-electron chi connectivity index (χ2n) is 7.76. The molecule has 0 saturated heterocycles. The first-order valence-electron chi connectivity index (χ1n) is 10.2. The Morgan fingerprint density at radius 3 is 2.52 bits per heavy atom. The number of hydrogen-bond acceptors (Lipinski definition) is 6. The lowest BCUT2D eigenvalue weighted by molar-refractivity contribution is -0.118. The van der Waals surface area contributed by atoms with Crippen molar-refractivity contribution in [3.8, 4) is 22.6 Å². The van der Waals surface area contributed by atoms with Gasteiger partial charge >= 0.3 is 0 Å². The smallest absolute Gasteiger partial charge is 0.236 e. The Kier molecular flexibility index (Phi) is 5.08. The number of amides is 1. The molecule has 1 saturated carbocycles. The number of carbonyl (C=O) groups excluding carboxylic acids is 1. The topological polar surface area (TPSA) is 72.5 Å². The van der Waals surface area contributed by atoms with E-state index in [9.17, 15) is 4.79 Å². The van der Waals surface area contributed by atoms with Gasteiger partial charge in [-0.25, -0.2) is 4.98 Å². The highest BCUT2D eigenvalue weighted by Crippen LogP contribution is 2.51. The summed E-state index contributed by atoms with van der Waals surface area (Å²) in [5.41, 5.74) is 3.47. The van der Waals surface area contributed by atoms with Crippen molar-refractivity contribution in [3.05, 3.63) is 65.9 Å². The van der Waals surface area contributed by atoms with Crippen molar-refractivity contribution < 1.29 is 14.3 Å². The Morgan fingerprint density at radius 1 is 1.03 bits per heavy atom. The Morgan fingerprint density at radius 2 is 1.81 bits per heavy atom. The highest BCUT2D eigenvalue weighted by atomic mass is 32.2. The molecule has 2 aromatic carbocycles. The fourth-order valence-corrected chi connectivity index (χ4v) is 4.47. The molecule has 1 fully saturated rings. The van der Waals surface area contributed by atoms with Crippen LogP contribution < -0.4 is 19.5 Å². The summed E-state index contributed by atoms with van der Waals surface area (Å²) < 4.78 is 13.9. The molecule has 0 radical (unpaired) electrons. The molecule has 2 heterocycles. The Balaban J connectivity index is 1.33. The van der Waals surface area contributed by atoms with E-state index in [2.05, 4.69) is 39.3 Å². The number of ether oxygens (including phenoxy) is 2. The van der Waals surface area contributed by atoms with Crippen LogP contribution in [0.15, 0.2) is 59.5 Å². The van der Waals surface area contributed by atoms with Gasteiger partial charge in [-0.05, 0) is 86.3 Å². The zero-order valence-corrected chi connectivity index (χ0v) is 18.2. The predicted molar refractivity (Wildman–Crippen MR) is 121 cm³/mol. The van der Waals surface area contributed by atoms with Gasteiger partial charge in [-0.15, -0.1) is 0 Å². The van der Waals surface area contributed by atoms with Crippen molar-refractivity contribution in [2.24, 2.45) is 0 Å². The molecular formula is C24H23N3O3S. The monoisotopic (exact) mass is 433 g/mol. The van der Waals surface area contributed by atoms with Crippen LogP contribution in [0.5, 0.6) is 11.5 Å². The van der Waals surface area contributed by atoms with E-state index in [1.54, 1.807) is 11.9 Å². The molecular weight excluding hydrogens is 410 g/mol. The quantitative estimate of drug-likeness (QED) is 0.550. The molecule has 7 heteroatoms. The van der Waals surface area contributed by atoms with Crippen molar-refractivity contribution in [2.75, 3.05) is 19.2 Å². The van der Waals surface area contributed by atoms with Gasteiger partial charge < -0.3 is 14.8 Å². The Labute approximate surface area is 185 Å². The van der Waals surface area contributed by atoms with Crippen LogP contribution in [0, 0.1) is 6.92 Å². The minimum absolute atomic E-state index is 0.0283. The van der Waals surface area contributed by atoms with Crippen LogP contribution in [0.1, 0.15) is 24.1 Å². The molecule has 5 rings (SSSR count). The summed E-state index contributed by atoms with van der Waals surface area (Å²) in [5, 5.41) is 3.02. The van der Waals surface area contributed by atoms with Crippen LogP contribution >= 0.6 is 11.9 Å². The molecule has 1 aliphatic carbocycles. The van der Waals surface area contributed by atoms with E-state index in [0.717, 1.165) is 45.9 Å². The van der Waals surface area contributed by atoms with E-state index in [1.165, 1.54) is 0 Å². The van der Waals surface area contributed by atoms with Crippen LogP contribution in [-0.2, 0) is 10.2 Å². The van der Waals surface area contributed by atoms with Crippen molar-refractivity contribution >= 4 is 23.7 Å². The second kappa shape index (κ2) is 7.90. The molecule has 0 unspecified atom stereocenters. The number of anilines is 1. The normalized spacial score (nSPS) is 15.5. The van der Waals surface area contributed by atoms with Crippen LogP contribution in [0.25, 0.3) is 11.1 Å².